The molecule has 1 heterocycles. The molecule has 0 aliphatic rings. The Morgan fingerprint density at radius 3 is 2.53 bits per heavy atom. The summed E-state index contributed by atoms with van der Waals surface area (Å²) in [5, 5.41) is 9.56. The summed E-state index contributed by atoms with van der Waals surface area (Å²) in [5.74, 6) is -1.71. The predicted molar refractivity (Wildman–Crippen MR) is 58.0 cm³/mol. The van der Waals surface area contributed by atoms with Gasteiger partial charge in [-0.1, -0.05) is 12.1 Å². The van der Waals surface area contributed by atoms with Crippen LogP contribution >= 0.6 is 0 Å². The van der Waals surface area contributed by atoms with Crippen molar-refractivity contribution >= 4 is 5.91 Å². The fourth-order valence-electron chi connectivity index (χ4n) is 1.52. The summed E-state index contributed by atoms with van der Waals surface area (Å²) >= 11 is 0. The van der Waals surface area contributed by atoms with E-state index < -0.39 is 23.3 Å². The standard InChI is InChI=1S/C11H9FN2O3/c1-7(15)13-6-10(16)14(11(13)17)9-5-3-2-4-8(9)12/h2-6,16H,1H3. The van der Waals surface area contributed by atoms with Crippen LogP contribution in [-0.4, -0.2) is 20.1 Å². The molecule has 0 saturated carbocycles. The molecule has 0 aliphatic heterocycles. The summed E-state index contributed by atoms with van der Waals surface area (Å²) in [5.41, 5.74) is -0.907. The monoisotopic (exact) mass is 236 g/mol. The summed E-state index contributed by atoms with van der Waals surface area (Å²) in [6.07, 6.45) is 0.955. The highest BCUT2D eigenvalue weighted by molar-refractivity contribution is 5.76. The molecule has 88 valence electrons. The van der Waals surface area contributed by atoms with Gasteiger partial charge < -0.3 is 5.11 Å². The zero-order valence-electron chi connectivity index (χ0n) is 8.92. The van der Waals surface area contributed by atoms with Gasteiger partial charge in [0.15, 0.2) is 0 Å². The topological polar surface area (TPSA) is 64.2 Å². The van der Waals surface area contributed by atoms with Gasteiger partial charge >= 0.3 is 5.69 Å². The molecule has 1 N–H and O–H groups in total. The lowest BCUT2D eigenvalue weighted by molar-refractivity contribution is 0.0932. The van der Waals surface area contributed by atoms with E-state index in [1.165, 1.54) is 25.1 Å². The highest BCUT2D eigenvalue weighted by Gasteiger charge is 2.16. The maximum Gasteiger partial charge on any atom is 0.342 e. The van der Waals surface area contributed by atoms with Crippen molar-refractivity contribution in [1.29, 1.82) is 0 Å². The molecule has 0 fully saturated rings. The van der Waals surface area contributed by atoms with Gasteiger partial charge in [-0.2, -0.15) is 0 Å². The van der Waals surface area contributed by atoms with Crippen LogP contribution in [0.2, 0.25) is 0 Å². The van der Waals surface area contributed by atoms with Crippen molar-refractivity contribution in [2.24, 2.45) is 0 Å². The fourth-order valence-corrected chi connectivity index (χ4v) is 1.52. The van der Waals surface area contributed by atoms with Gasteiger partial charge in [-0.15, -0.1) is 0 Å². The van der Waals surface area contributed by atoms with Crippen molar-refractivity contribution in [2.45, 2.75) is 6.92 Å². The van der Waals surface area contributed by atoms with Crippen LogP contribution in [0, 0.1) is 5.82 Å². The van der Waals surface area contributed by atoms with Crippen LogP contribution in [0.4, 0.5) is 4.39 Å². The number of carbonyl (C=O) groups is 1. The van der Waals surface area contributed by atoms with Crippen LogP contribution in [0.25, 0.3) is 5.69 Å². The quantitative estimate of drug-likeness (QED) is 0.807. The van der Waals surface area contributed by atoms with E-state index in [-0.39, 0.29) is 5.69 Å². The second-order valence-corrected chi connectivity index (χ2v) is 3.45. The third-order valence-corrected chi connectivity index (χ3v) is 2.30. The van der Waals surface area contributed by atoms with Crippen molar-refractivity contribution in [3.8, 4) is 11.6 Å². The molecule has 0 unspecified atom stereocenters. The van der Waals surface area contributed by atoms with Crippen LogP contribution in [0.15, 0.2) is 35.3 Å². The summed E-state index contributed by atoms with van der Waals surface area (Å²) in [7, 11) is 0. The molecule has 0 radical (unpaired) electrons. The number of imidazole rings is 1. The SMILES string of the molecule is CC(=O)n1cc(O)n(-c2ccccc2F)c1=O. The summed E-state index contributed by atoms with van der Waals surface area (Å²) in [4.78, 5) is 22.9. The highest BCUT2D eigenvalue weighted by Crippen LogP contribution is 2.17. The maximum absolute atomic E-state index is 13.5. The number of aromatic nitrogens is 2. The van der Waals surface area contributed by atoms with E-state index in [0.717, 1.165) is 16.8 Å². The summed E-state index contributed by atoms with van der Waals surface area (Å²) in [6.45, 7) is 1.17. The molecule has 2 aromatic rings. The maximum atomic E-state index is 13.5. The van der Waals surface area contributed by atoms with Crippen LogP contribution in [0.1, 0.15) is 11.7 Å². The van der Waals surface area contributed by atoms with Gasteiger partial charge in [0.1, 0.15) is 5.82 Å². The number of nitrogens with zero attached hydrogens (tertiary/aromatic N) is 2. The van der Waals surface area contributed by atoms with E-state index in [9.17, 15) is 19.1 Å². The van der Waals surface area contributed by atoms with Gasteiger partial charge in [0, 0.05) is 6.92 Å². The minimum Gasteiger partial charge on any atom is -0.493 e. The Morgan fingerprint density at radius 2 is 2.00 bits per heavy atom. The lowest BCUT2D eigenvalue weighted by atomic mass is 10.3. The van der Waals surface area contributed by atoms with Crippen LogP contribution in [0.3, 0.4) is 0 Å². The second-order valence-electron chi connectivity index (χ2n) is 3.45. The van der Waals surface area contributed by atoms with Crippen molar-refractivity contribution < 1.29 is 14.3 Å². The van der Waals surface area contributed by atoms with Gasteiger partial charge in [0.2, 0.25) is 11.8 Å². The largest absolute Gasteiger partial charge is 0.493 e. The smallest absolute Gasteiger partial charge is 0.342 e. The first-order valence-corrected chi connectivity index (χ1v) is 4.81. The van der Waals surface area contributed by atoms with Crippen LogP contribution in [0.5, 0.6) is 5.88 Å². The molecule has 0 amide bonds. The molecule has 0 saturated heterocycles. The number of rotatable bonds is 1. The molecule has 0 bridgehead atoms. The van der Waals surface area contributed by atoms with E-state index in [1.807, 2.05) is 0 Å². The minimum absolute atomic E-state index is 0.102. The third-order valence-electron chi connectivity index (χ3n) is 2.30. The third kappa shape index (κ3) is 1.73. The normalized spacial score (nSPS) is 10.5. The number of carbonyl (C=O) groups excluding carboxylic acids is 1. The van der Waals surface area contributed by atoms with Crippen LogP contribution in [-0.2, 0) is 0 Å². The molecule has 6 heteroatoms. The Morgan fingerprint density at radius 1 is 1.35 bits per heavy atom. The van der Waals surface area contributed by atoms with E-state index in [4.69, 9.17) is 0 Å². The molecule has 0 spiro atoms. The number of halogens is 1. The molecule has 1 aromatic heterocycles. The van der Waals surface area contributed by atoms with E-state index >= 15 is 0 Å². The van der Waals surface area contributed by atoms with Crippen molar-refractivity contribution in [3.05, 3.63) is 46.8 Å². The Labute approximate surface area is 95.3 Å². The molecular formula is C11H9FN2O3. The molecule has 0 aliphatic carbocycles. The fraction of sp³-hybridized carbons (Fsp3) is 0.0909. The number of para-hydroxylation sites is 1. The number of hydrogen-bond donors (Lipinski definition) is 1. The first-order chi connectivity index (χ1) is 8.02. The second kappa shape index (κ2) is 3.89. The minimum atomic E-state index is -0.805. The first kappa shape index (κ1) is 11.1. The first-order valence-electron chi connectivity index (χ1n) is 4.81. The Balaban J connectivity index is 2.74. The molecule has 17 heavy (non-hydrogen) atoms. The Bertz CT molecular complexity index is 642. The van der Waals surface area contributed by atoms with Crippen molar-refractivity contribution in [3.63, 3.8) is 0 Å². The molecule has 0 atom stereocenters. The average molecular weight is 236 g/mol. The van der Waals surface area contributed by atoms with Gasteiger partial charge in [-0.3, -0.25) is 4.79 Å². The summed E-state index contributed by atoms with van der Waals surface area (Å²) < 4.78 is 14.9. The number of benzene rings is 1. The lowest BCUT2D eigenvalue weighted by Gasteiger charge is -2.03. The van der Waals surface area contributed by atoms with Gasteiger partial charge in [0.05, 0.1) is 11.9 Å². The number of hydrogen-bond acceptors (Lipinski definition) is 3. The zero-order valence-corrected chi connectivity index (χ0v) is 8.92. The molecule has 2 rings (SSSR count). The van der Waals surface area contributed by atoms with E-state index in [1.54, 1.807) is 0 Å². The lowest BCUT2D eigenvalue weighted by Crippen LogP contribution is -2.26. The van der Waals surface area contributed by atoms with Gasteiger partial charge in [-0.05, 0) is 12.1 Å². The Hall–Kier alpha value is -2.37. The predicted octanol–water partition coefficient (Wildman–Crippen LogP) is 1.14. The van der Waals surface area contributed by atoms with Gasteiger partial charge in [0.25, 0.3) is 0 Å². The van der Waals surface area contributed by atoms with E-state index in [2.05, 4.69) is 0 Å². The van der Waals surface area contributed by atoms with E-state index in [0.29, 0.717) is 4.57 Å². The summed E-state index contributed by atoms with van der Waals surface area (Å²) in [6, 6.07) is 5.48. The molecular weight excluding hydrogens is 227 g/mol. The highest BCUT2D eigenvalue weighted by atomic mass is 19.1. The number of aromatic hydroxyl groups is 1. The zero-order chi connectivity index (χ0) is 12.6. The van der Waals surface area contributed by atoms with Crippen molar-refractivity contribution in [2.75, 3.05) is 0 Å². The Kier molecular flexibility index (Phi) is 2.55. The van der Waals surface area contributed by atoms with Crippen LogP contribution < -0.4 is 5.69 Å². The van der Waals surface area contributed by atoms with Gasteiger partial charge in [-0.25, -0.2) is 18.3 Å². The van der Waals surface area contributed by atoms with Crippen molar-refractivity contribution in [1.82, 2.24) is 9.13 Å². The average Bonchev–Trinajstić information content (AvgIpc) is 2.56. The molecule has 5 nitrogen and oxygen atoms in total. The molecule has 1 aromatic carbocycles.